The Balaban J connectivity index is 1.49. The Labute approximate surface area is 206 Å². The van der Waals surface area contributed by atoms with Gasteiger partial charge >= 0.3 is 6.18 Å². The third-order valence-corrected chi connectivity index (χ3v) is 8.41. The largest absolute Gasteiger partial charge is 0.431 e. The van der Waals surface area contributed by atoms with Gasteiger partial charge in [-0.3, -0.25) is 4.79 Å². The highest BCUT2D eigenvalue weighted by Crippen LogP contribution is 2.33. The lowest BCUT2D eigenvalue weighted by atomic mass is 9.87. The first-order valence-electron chi connectivity index (χ1n) is 11.4. The Hall–Kier alpha value is -2.99. The number of nitrogens with zero attached hydrogens (tertiary/aromatic N) is 3. The SMILES string of the molecule is Cc1ccc(C(C)(C)C)cc1S(=O)(=O)N1CCC(c2nc(-c3ccc(C(F)(F)F)[nH]c3=O)no2)CC1. The molecule has 1 N–H and O–H groups in total. The minimum atomic E-state index is -4.68. The highest BCUT2D eigenvalue weighted by molar-refractivity contribution is 7.89. The molecule has 1 fully saturated rings. The number of nitrogens with one attached hydrogen (secondary N) is 1. The smallest absolute Gasteiger partial charge is 0.339 e. The number of halogens is 3. The first-order chi connectivity index (χ1) is 16.7. The standard InChI is InChI=1S/C24H27F3N4O4S/c1-14-5-6-16(23(2,3)4)13-18(14)36(33,34)31-11-9-15(10-12-31)22-29-20(30-35-22)17-7-8-19(24(25,26)27)28-21(17)32/h5-8,13,15H,9-12H2,1-4H3,(H,28,32). The summed E-state index contributed by atoms with van der Waals surface area (Å²) in [5.41, 5.74) is -0.892. The molecule has 0 atom stereocenters. The van der Waals surface area contributed by atoms with E-state index < -0.39 is 27.5 Å². The monoisotopic (exact) mass is 524 g/mol. The summed E-state index contributed by atoms with van der Waals surface area (Å²) < 4.78 is 71.9. The Morgan fingerprint density at radius 3 is 2.33 bits per heavy atom. The highest BCUT2D eigenvalue weighted by atomic mass is 32.2. The van der Waals surface area contributed by atoms with Gasteiger partial charge in [0.15, 0.2) is 0 Å². The first-order valence-corrected chi connectivity index (χ1v) is 12.9. The van der Waals surface area contributed by atoms with Gasteiger partial charge in [-0.2, -0.15) is 22.5 Å². The average molecular weight is 525 g/mol. The van der Waals surface area contributed by atoms with Crippen LogP contribution in [0.3, 0.4) is 0 Å². The zero-order chi connectivity index (χ0) is 26.5. The van der Waals surface area contributed by atoms with Gasteiger partial charge in [0.2, 0.25) is 21.7 Å². The maximum Gasteiger partial charge on any atom is 0.431 e. The van der Waals surface area contributed by atoms with E-state index in [1.165, 1.54) is 4.31 Å². The van der Waals surface area contributed by atoms with Gasteiger partial charge in [0.1, 0.15) is 5.69 Å². The molecule has 2 aromatic heterocycles. The van der Waals surface area contributed by atoms with Gasteiger partial charge < -0.3 is 9.51 Å². The molecule has 0 radical (unpaired) electrons. The number of benzene rings is 1. The van der Waals surface area contributed by atoms with Crippen LogP contribution in [0.25, 0.3) is 11.4 Å². The van der Waals surface area contributed by atoms with Crippen LogP contribution >= 0.6 is 0 Å². The van der Waals surface area contributed by atoms with E-state index in [1.807, 2.05) is 32.9 Å². The third-order valence-electron chi connectivity index (χ3n) is 6.37. The van der Waals surface area contributed by atoms with Crippen LogP contribution < -0.4 is 5.56 Å². The molecule has 1 saturated heterocycles. The number of aryl methyl sites for hydroxylation is 1. The van der Waals surface area contributed by atoms with E-state index in [-0.39, 0.29) is 46.6 Å². The number of pyridine rings is 1. The predicted molar refractivity (Wildman–Crippen MR) is 126 cm³/mol. The second-order valence-corrected chi connectivity index (χ2v) is 11.9. The van der Waals surface area contributed by atoms with Gasteiger partial charge in [-0.25, -0.2) is 8.42 Å². The number of hydrogen-bond acceptors (Lipinski definition) is 6. The fourth-order valence-corrected chi connectivity index (χ4v) is 5.87. The Morgan fingerprint density at radius 1 is 1.08 bits per heavy atom. The maximum atomic E-state index is 13.4. The fraction of sp³-hybridized carbons (Fsp3) is 0.458. The summed E-state index contributed by atoms with van der Waals surface area (Å²) in [4.78, 5) is 18.4. The molecule has 8 nitrogen and oxygen atoms in total. The summed E-state index contributed by atoms with van der Waals surface area (Å²) in [7, 11) is -3.71. The van der Waals surface area contributed by atoms with Crippen LogP contribution in [-0.4, -0.2) is 40.9 Å². The van der Waals surface area contributed by atoms with Crippen molar-refractivity contribution in [2.45, 2.75) is 62.9 Å². The van der Waals surface area contributed by atoms with Crippen LogP contribution in [0.1, 0.15) is 62.2 Å². The number of piperidine rings is 1. The molecule has 0 spiro atoms. The molecule has 12 heteroatoms. The van der Waals surface area contributed by atoms with E-state index in [4.69, 9.17) is 4.52 Å². The van der Waals surface area contributed by atoms with E-state index >= 15 is 0 Å². The maximum absolute atomic E-state index is 13.4. The molecular weight excluding hydrogens is 497 g/mol. The zero-order valence-corrected chi connectivity index (χ0v) is 21.1. The Kier molecular flexibility index (Phi) is 6.63. The van der Waals surface area contributed by atoms with E-state index in [9.17, 15) is 26.4 Å². The number of rotatable bonds is 4. The van der Waals surface area contributed by atoms with Gasteiger partial charge in [0.25, 0.3) is 5.56 Å². The average Bonchev–Trinajstić information content (AvgIpc) is 3.28. The Bertz CT molecular complexity index is 1430. The van der Waals surface area contributed by atoms with Crippen LogP contribution in [0.4, 0.5) is 13.2 Å². The van der Waals surface area contributed by atoms with Crippen LogP contribution in [-0.2, 0) is 21.6 Å². The lowest BCUT2D eigenvalue weighted by Crippen LogP contribution is -2.38. The molecular formula is C24H27F3N4O4S. The minimum absolute atomic E-state index is 0.121. The molecule has 0 saturated carbocycles. The Morgan fingerprint density at radius 2 is 1.75 bits per heavy atom. The second-order valence-electron chi connectivity index (χ2n) is 9.98. The van der Waals surface area contributed by atoms with Gasteiger partial charge in [0, 0.05) is 19.0 Å². The summed E-state index contributed by atoms with van der Waals surface area (Å²) in [5.74, 6) is -0.148. The van der Waals surface area contributed by atoms with Crippen molar-refractivity contribution in [2.75, 3.05) is 13.1 Å². The lowest BCUT2D eigenvalue weighted by Gasteiger charge is -2.30. The van der Waals surface area contributed by atoms with Gasteiger partial charge in [-0.15, -0.1) is 0 Å². The molecule has 36 heavy (non-hydrogen) atoms. The molecule has 1 aromatic carbocycles. The summed E-state index contributed by atoms with van der Waals surface area (Å²) in [6.07, 6.45) is -3.84. The van der Waals surface area contributed by atoms with E-state index in [1.54, 1.807) is 18.0 Å². The molecule has 0 unspecified atom stereocenters. The molecule has 194 valence electrons. The number of H-pyrrole nitrogens is 1. The van der Waals surface area contributed by atoms with Crippen LogP contribution in [0.5, 0.6) is 0 Å². The highest BCUT2D eigenvalue weighted by Gasteiger charge is 2.35. The number of hydrogen-bond donors (Lipinski definition) is 1. The van der Waals surface area contributed by atoms with Crippen molar-refractivity contribution in [1.29, 1.82) is 0 Å². The predicted octanol–water partition coefficient (Wildman–Crippen LogP) is 4.62. The molecule has 1 aliphatic heterocycles. The number of aromatic nitrogens is 3. The van der Waals surface area contributed by atoms with Crippen LogP contribution in [0.15, 0.2) is 44.5 Å². The van der Waals surface area contributed by atoms with Gasteiger partial charge in [-0.1, -0.05) is 38.1 Å². The van der Waals surface area contributed by atoms with Gasteiger partial charge in [0.05, 0.1) is 10.5 Å². The molecule has 4 rings (SSSR count). The molecule has 1 aliphatic rings. The van der Waals surface area contributed by atoms with Crippen molar-refractivity contribution < 1.29 is 26.1 Å². The summed E-state index contributed by atoms with van der Waals surface area (Å²) in [6.45, 7) is 8.33. The van der Waals surface area contributed by atoms with Gasteiger partial charge in [-0.05, 0) is 54.5 Å². The second kappa shape index (κ2) is 9.15. The van der Waals surface area contributed by atoms with Crippen molar-refractivity contribution in [3.05, 3.63) is 63.4 Å². The number of alkyl halides is 3. The molecule has 3 aromatic rings. The van der Waals surface area contributed by atoms with Crippen LogP contribution in [0.2, 0.25) is 0 Å². The van der Waals surface area contributed by atoms with Crippen molar-refractivity contribution in [2.24, 2.45) is 0 Å². The van der Waals surface area contributed by atoms with Crippen LogP contribution in [0, 0.1) is 6.92 Å². The van der Waals surface area contributed by atoms with E-state index in [0.29, 0.717) is 18.4 Å². The van der Waals surface area contributed by atoms with Crippen molar-refractivity contribution in [1.82, 2.24) is 19.4 Å². The summed E-state index contributed by atoms with van der Waals surface area (Å²) in [6, 6.07) is 7.24. The molecule has 0 bridgehead atoms. The minimum Gasteiger partial charge on any atom is -0.339 e. The van der Waals surface area contributed by atoms with Crippen molar-refractivity contribution in [3.63, 3.8) is 0 Å². The summed E-state index contributed by atoms with van der Waals surface area (Å²) in [5, 5.41) is 3.75. The topological polar surface area (TPSA) is 109 Å². The number of sulfonamides is 1. The van der Waals surface area contributed by atoms with E-state index in [0.717, 1.165) is 17.7 Å². The lowest BCUT2D eigenvalue weighted by molar-refractivity contribution is -0.141. The zero-order valence-electron chi connectivity index (χ0n) is 20.3. The fourth-order valence-electron chi connectivity index (χ4n) is 4.15. The molecule has 0 aliphatic carbocycles. The first kappa shape index (κ1) is 26.1. The van der Waals surface area contributed by atoms with Crippen molar-refractivity contribution in [3.8, 4) is 11.4 Å². The third kappa shape index (κ3) is 5.10. The number of aromatic amines is 1. The van der Waals surface area contributed by atoms with Crippen molar-refractivity contribution >= 4 is 10.0 Å². The molecule has 3 heterocycles. The quantitative estimate of drug-likeness (QED) is 0.534. The normalized spacial score (nSPS) is 16.4. The summed E-state index contributed by atoms with van der Waals surface area (Å²) >= 11 is 0. The molecule has 0 amide bonds. The van der Waals surface area contributed by atoms with E-state index in [2.05, 4.69) is 10.1 Å².